The third-order valence-electron chi connectivity index (χ3n) is 4.23. The first-order valence-electron chi connectivity index (χ1n) is 7.60. The van der Waals surface area contributed by atoms with E-state index >= 15 is 0 Å². The van der Waals surface area contributed by atoms with E-state index < -0.39 is 0 Å². The second-order valence-corrected chi connectivity index (χ2v) is 5.75. The van der Waals surface area contributed by atoms with E-state index in [9.17, 15) is 4.79 Å². The zero-order valence-corrected chi connectivity index (χ0v) is 12.4. The van der Waals surface area contributed by atoms with Crippen molar-refractivity contribution in [3.05, 3.63) is 23.8 Å². The Kier molecular flexibility index (Phi) is 4.29. The molecule has 1 aromatic rings. The fourth-order valence-electron chi connectivity index (χ4n) is 2.94. The number of benzene rings is 1. The van der Waals surface area contributed by atoms with Gasteiger partial charge in [-0.05, 0) is 44.1 Å². The summed E-state index contributed by atoms with van der Waals surface area (Å²) in [6, 6.07) is 5.78. The van der Waals surface area contributed by atoms with Crippen molar-refractivity contribution in [1.82, 2.24) is 10.2 Å². The quantitative estimate of drug-likeness (QED) is 0.924. The van der Waals surface area contributed by atoms with Crippen molar-refractivity contribution in [2.75, 3.05) is 20.4 Å². The summed E-state index contributed by atoms with van der Waals surface area (Å²) in [5.74, 6) is 1.65. The van der Waals surface area contributed by atoms with Gasteiger partial charge in [0.1, 0.15) is 0 Å². The summed E-state index contributed by atoms with van der Waals surface area (Å²) in [4.78, 5) is 14.5. The Morgan fingerprint density at radius 1 is 1.29 bits per heavy atom. The van der Waals surface area contributed by atoms with Gasteiger partial charge in [0.25, 0.3) is 0 Å². The van der Waals surface area contributed by atoms with Crippen LogP contribution in [0.4, 0.5) is 0 Å². The molecule has 3 rings (SSSR count). The van der Waals surface area contributed by atoms with Crippen LogP contribution in [0, 0.1) is 0 Å². The third kappa shape index (κ3) is 3.29. The molecule has 0 aromatic heterocycles. The number of nitrogens with zero attached hydrogens (tertiary/aromatic N) is 1. The number of carbonyl (C=O) groups excluding carboxylic acids is 1. The second-order valence-electron chi connectivity index (χ2n) is 5.75. The number of ether oxygens (including phenoxy) is 2. The number of likely N-dealkylation sites (N-methyl/N-ethyl adjacent to an activating group) is 1. The van der Waals surface area contributed by atoms with Crippen LogP contribution in [0.5, 0.6) is 11.5 Å². The number of rotatable bonds is 3. The standard InChI is InChI=1S/C16H22N2O3/c1-18-8-4-2-3-5-13(18)16(19)17-10-12-6-7-14-15(9-12)21-11-20-14/h6-7,9,13H,2-5,8,10-11H2,1H3,(H,17,19). The molecule has 1 atom stereocenters. The Morgan fingerprint density at radius 2 is 2.14 bits per heavy atom. The molecule has 21 heavy (non-hydrogen) atoms. The van der Waals surface area contributed by atoms with Crippen molar-refractivity contribution >= 4 is 5.91 Å². The average molecular weight is 290 g/mol. The Morgan fingerprint density at radius 3 is 3.05 bits per heavy atom. The van der Waals surface area contributed by atoms with Crippen LogP contribution in [0.1, 0.15) is 31.2 Å². The topological polar surface area (TPSA) is 50.8 Å². The Balaban J connectivity index is 1.57. The van der Waals surface area contributed by atoms with Gasteiger partial charge < -0.3 is 14.8 Å². The van der Waals surface area contributed by atoms with Gasteiger partial charge in [-0.3, -0.25) is 9.69 Å². The van der Waals surface area contributed by atoms with Gasteiger partial charge in [0.2, 0.25) is 12.7 Å². The summed E-state index contributed by atoms with van der Waals surface area (Å²) in [6.07, 6.45) is 4.48. The number of carbonyl (C=O) groups is 1. The summed E-state index contributed by atoms with van der Waals surface area (Å²) in [7, 11) is 2.04. The van der Waals surface area contributed by atoms with Crippen LogP contribution in [0.25, 0.3) is 0 Å². The largest absolute Gasteiger partial charge is 0.454 e. The molecule has 0 bridgehead atoms. The Hall–Kier alpha value is -1.75. The summed E-state index contributed by atoms with van der Waals surface area (Å²) >= 11 is 0. The van der Waals surface area contributed by atoms with Crippen LogP contribution < -0.4 is 14.8 Å². The molecule has 5 heteroatoms. The van der Waals surface area contributed by atoms with Gasteiger partial charge in [0.15, 0.2) is 11.5 Å². The van der Waals surface area contributed by atoms with Crippen LogP contribution in [0.15, 0.2) is 18.2 Å². The lowest BCUT2D eigenvalue weighted by atomic mass is 10.1. The molecule has 2 heterocycles. The zero-order valence-electron chi connectivity index (χ0n) is 12.4. The van der Waals surface area contributed by atoms with Crippen LogP contribution in [-0.2, 0) is 11.3 Å². The lowest BCUT2D eigenvalue weighted by Gasteiger charge is -2.24. The van der Waals surface area contributed by atoms with Crippen molar-refractivity contribution in [1.29, 1.82) is 0 Å². The normalized spacial score (nSPS) is 21.9. The van der Waals surface area contributed by atoms with Gasteiger partial charge in [-0.1, -0.05) is 18.9 Å². The molecular weight excluding hydrogens is 268 g/mol. The smallest absolute Gasteiger partial charge is 0.237 e. The van der Waals surface area contributed by atoms with Gasteiger partial charge in [-0.15, -0.1) is 0 Å². The molecule has 0 radical (unpaired) electrons. The van der Waals surface area contributed by atoms with Crippen LogP contribution >= 0.6 is 0 Å². The SMILES string of the molecule is CN1CCCCCC1C(=O)NCc1ccc2c(c1)OCO2. The van der Waals surface area contributed by atoms with Crippen LogP contribution in [0.3, 0.4) is 0 Å². The predicted molar refractivity (Wildman–Crippen MR) is 79.3 cm³/mol. The summed E-state index contributed by atoms with van der Waals surface area (Å²) in [6.45, 7) is 1.81. The van der Waals surface area contributed by atoms with Crippen molar-refractivity contribution in [2.45, 2.75) is 38.3 Å². The minimum atomic E-state index is 0.00140. The molecule has 1 N–H and O–H groups in total. The Bertz CT molecular complexity index is 518. The molecule has 2 aliphatic heterocycles. The van der Waals surface area contributed by atoms with E-state index in [1.54, 1.807) is 0 Å². The zero-order chi connectivity index (χ0) is 14.7. The van der Waals surface area contributed by atoms with Crippen molar-refractivity contribution in [2.24, 2.45) is 0 Å². The number of likely N-dealkylation sites (tertiary alicyclic amines) is 1. The molecule has 0 spiro atoms. The highest BCUT2D eigenvalue weighted by atomic mass is 16.7. The highest BCUT2D eigenvalue weighted by Gasteiger charge is 2.24. The van der Waals surface area contributed by atoms with Crippen LogP contribution in [-0.4, -0.2) is 37.2 Å². The first kappa shape index (κ1) is 14.2. The minimum absolute atomic E-state index is 0.00140. The van der Waals surface area contributed by atoms with E-state index in [1.807, 2.05) is 25.2 Å². The van der Waals surface area contributed by atoms with E-state index in [1.165, 1.54) is 12.8 Å². The van der Waals surface area contributed by atoms with Gasteiger partial charge >= 0.3 is 0 Å². The van der Waals surface area contributed by atoms with Gasteiger partial charge in [0, 0.05) is 6.54 Å². The summed E-state index contributed by atoms with van der Waals surface area (Å²) < 4.78 is 10.6. The molecule has 2 aliphatic rings. The fraction of sp³-hybridized carbons (Fsp3) is 0.562. The predicted octanol–water partition coefficient (Wildman–Crippen LogP) is 1.91. The van der Waals surface area contributed by atoms with E-state index in [0.717, 1.165) is 36.4 Å². The van der Waals surface area contributed by atoms with Crippen molar-refractivity contribution < 1.29 is 14.3 Å². The highest BCUT2D eigenvalue weighted by Crippen LogP contribution is 2.32. The van der Waals surface area contributed by atoms with Gasteiger partial charge in [0.05, 0.1) is 6.04 Å². The van der Waals surface area contributed by atoms with E-state index in [4.69, 9.17) is 9.47 Å². The van der Waals surface area contributed by atoms with Crippen molar-refractivity contribution in [3.8, 4) is 11.5 Å². The first-order chi connectivity index (χ1) is 10.2. The van der Waals surface area contributed by atoms with E-state index in [-0.39, 0.29) is 18.7 Å². The first-order valence-corrected chi connectivity index (χ1v) is 7.60. The average Bonchev–Trinajstić information content (AvgIpc) is 2.85. The Labute approximate surface area is 125 Å². The number of amides is 1. The number of hydrogen-bond donors (Lipinski definition) is 1. The van der Waals surface area contributed by atoms with Gasteiger partial charge in [-0.2, -0.15) is 0 Å². The van der Waals surface area contributed by atoms with E-state index in [0.29, 0.717) is 6.54 Å². The third-order valence-corrected chi connectivity index (χ3v) is 4.23. The lowest BCUT2D eigenvalue weighted by molar-refractivity contribution is -0.126. The lowest BCUT2D eigenvalue weighted by Crippen LogP contribution is -2.44. The second kappa shape index (κ2) is 6.35. The maximum absolute atomic E-state index is 12.4. The summed E-state index contributed by atoms with van der Waals surface area (Å²) in [5.41, 5.74) is 1.03. The minimum Gasteiger partial charge on any atom is -0.454 e. The number of nitrogens with one attached hydrogen (secondary N) is 1. The highest BCUT2D eigenvalue weighted by molar-refractivity contribution is 5.81. The van der Waals surface area contributed by atoms with Crippen molar-refractivity contribution in [3.63, 3.8) is 0 Å². The molecule has 1 amide bonds. The fourth-order valence-corrected chi connectivity index (χ4v) is 2.94. The maximum Gasteiger partial charge on any atom is 0.237 e. The van der Waals surface area contributed by atoms with Crippen LogP contribution in [0.2, 0.25) is 0 Å². The molecule has 1 saturated heterocycles. The maximum atomic E-state index is 12.4. The number of fused-ring (bicyclic) bond motifs is 1. The molecule has 0 saturated carbocycles. The van der Waals surface area contributed by atoms with E-state index in [2.05, 4.69) is 10.2 Å². The number of hydrogen-bond acceptors (Lipinski definition) is 4. The molecule has 1 fully saturated rings. The van der Waals surface area contributed by atoms with Gasteiger partial charge in [-0.25, -0.2) is 0 Å². The molecular formula is C16H22N2O3. The summed E-state index contributed by atoms with van der Waals surface area (Å²) in [5, 5.41) is 3.04. The molecule has 114 valence electrons. The molecule has 1 aromatic carbocycles. The monoisotopic (exact) mass is 290 g/mol. The molecule has 0 aliphatic carbocycles. The molecule has 5 nitrogen and oxygen atoms in total. The molecule has 1 unspecified atom stereocenters.